The first-order valence-electron chi connectivity index (χ1n) is 5.42. The SMILES string of the molecule is COc1ccc(Cl)c(C(O)CN)c1OC(C)C. The van der Waals surface area contributed by atoms with Gasteiger partial charge < -0.3 is 20.3 Å². The van der Waals surface area contributed by atoms with Crippen molar-refractivity contribution >= 4 is 11.6 Å². The lowest BCUT2D eigenvalue weighted by atomic mass is 10.1. The van der Waals surface area contributed by atoms with Crippen LogP contribution in [0.4, 0.5) is 0 Å². The molecule has 96 valence electrons. The molecule has 0 amide bonds. The van der Waals surface area contributed by atoms with Crippen LogP contribution in [0.3, 0.4) is 0 Å². The molecule has 1 atom stereocenters. The van der Waals surface area contributed by atoms with Gasteiger partial charge in [-0.2, -0.15) is 0 Å². The van der Waals surface area contributed by atoms with Gasteiger partial charge in [0, 0.05) is 12.1 Å². The molecule has 0 spiro atoms. The Balaban J connectivity index is 3.31. The third kappa shape index (κ3) is 3.25. The minimum absolute atomic E-state index is 0.0499. The van der Waals surface area contributed by atoms with Crippen LogP contribution in [0.25, 0.3) is 0 Å². The van der Waals surface area contributed by atoms with Gasteiger partial charge in [-0.25, -0.2) is 0 Å². The molecule has 17 heavy (non-hydrogen) atoms. The summed E-state index contributed by atoms with van der Waals surface area (Å²) in [6.45, 7) is 3.85. The molecule has 0 aliphatic rings. The van der Waals surface area contributed by atoms with Crippen molar-refractivity contribution in [2.24, 2.45) is 5.73 Å². The summed E-state index contributed by atoms with van der Waals surface area (Å²) in [5, 5.41) is 10.3. The molecule has 0 saturated heterocycles. The number of aliphatic hydroxyl groups is 1. The lowest BCUT2D eigenvalue weighted by Gasteiger charge is -2.20. The molecule has 0 saturated carbocycles. The van der Waals surface area contributed by atoms with Crippen molar-refractivity contribution in [2.75, 3.05) is 13.7 Å². The lowest BCUT2D eigenvalue weighted by molar-refractivity contribution is 0.170. The van der Waals surface area contributed by atoms with Crippen LogP contribution in [0.2, 0.25) is 5.02 Å². The van der Waals surface area contributed by atoms with Crippen molar-refractivity contribution in [1.29, 1.82) is 0 Å². The number of hydrogen-bond acceptors (Lipinski definition) is 4. The Bertz CT molecular complexity index is 382. The molecule has 0 bridgehead atoms. The molecule has 0 aromatic heterocycles. The number of nitrogens with two attached hydrogens (primary N) is 1. The van der Waals surface area contributed by atoms with Crippen molar-refractivity contribution in [3.05, 3.63) is 22.7 Å². The predicted octanol–water partition coefficient (Wildman–Crippen LogP) is 2.13. The van der Waals surface area contributed by atoms with Gasteiger partial charge in [-0.1, -0.05) is 11.6 Å². The van der Waals surface area contributed by atoms with Crippen LogP contribution in [0.5, 0.6) is 11.5 Å². The van der Waals surface area contributed by atoms with E-state index in [0.717, 1.165) is 0 Å². The molecule has 0 aliphatic carbocycles. The molecule has 3 N–H and O–H groups in total. The largest absolute Gasteiger partial charge is 0.493 e. The minimum Gasteiger partial charge on any atom is -0.493 e. The van der Waals surface area contributed by atoms with E-state index in [4.69, 9.17) is 26.8 Å². The van der Waals surface area contributed by atoms with E-state index in [2.05, 4.69) is 0 Å². The second-order valence-corrected chi connectivity index (χ2v) is 4.32. The second kappa shape index (κ2) is 6.10. The maximum atomic E-state index is 9.88. The molecule has 0 fully saturated rings. The molecular formula is C12H18ClNO3. The predicted molar refractivity (Wildman–Crippen MR) is 67.8 cm³/mol. The monoisotopic (exact) mass is 259 g/mol. The molecule has 1 aromatic carbocycles. The molecule has 0 radical (unpaired) electrons. The van der Waals surface area contributed by atoms with Crippen molar-refractivity contribution in [3.8, 4) is 11.5 Å². The summed E-state index contributed by atoms with van der Waals surface area (Å²) in [5.74, 6) is 0.985. The summed E-state index contributed by atoms with van der Waals surface area (Å²) in [6, 6.07) is 3.36. The van der Waals surface area contributed by atoms with Gasteiger partial charge in [0.05, 0.1) is 24.3 Å². The Morgan fingerprint density at radius 3 is 2.53 bits per heavy atom. The minimum atomic E-state index is -0.869. The summed E-state index contributed by atoms with van der Waals surface area (Å²) >= 11 is 6.06. The van der Waals surface area contributed by atoms with E-state index >= 15 is 0 Å². The van der Waals surface area contributed by atoms with Gasteiger partial charge in [0.2, 0.25) is 0 Å². The Morgan fingerprint density at radius 2 is 2.06 bits per heavy atom. The van der Waals surface area contributed by atoms with Crippen LogP contribution in [0.1, 0.15) is 25.5 Å². The number of rotatable bonds is 5. The van der Waals surface area contributed by atoms with Crippen molar-refractivity contribution in [1.82, 2.24) is 0 Å². The van der Waals surface area contributed by atoms with Crippen LogP contribution in [-0.4, -0.2) is 24.9 Å². The molecule has 4 nitrogen and oxygen atoms in total. The van der Waals surface area contributed by atoms with E-state index < -0.39 is 6.10 Å². The summed E-state index contributed by atoms with van der Waals surface area (Å²) in [5.41, 5.74) is 5.93. The number of ether oxygens (including phenoxy) is 2. The van der Waals surface area contributed by atoms with E-state index in [9.17, 15) is 5.11 Å². The Labute approximate surface area is 106 Å². The summed E-state index contributed by atoms with van der Waals surface area (Å²) in [6.07, 6.45) is -0.919. The summed E-state index contributed by atoms with van der Waals surface area (Å²) < 4.78 is 10.8. The van der Waals surface area contributed by atoms with E-state index in [-0.39, 0.29) is 12.6 Å². The first-order chi connectivity index (χ1) is 8.01. The average molecular weight is 260 g/mol. The molecule has 1 aromatic rings. The van der Waals surface area contributed by atoms with Crippen LogP contribution in [0, 0.1) is 0 Å². The Morgan fingerprint density at radius 1 is 1.41 bits per heavy atom. The zero-order valence-electron chi connectivity index (χ0n) is 10.2. The van der Waals surface area contributed by atoms with Crippen molar-refractivity contribution in [3.63, 3.8) is 0 Å². The highest BCUT2D eigenvalue weighted by Crippen LogP contribution is 2.40. The molecule has 1 unspecified atom stereocenters. The number of aliphatic hydroxyl groups excluding tert-OH is 1. The molecular weight excluding hydrogens is 242 g/mol. The summed E-state index contributed by atoms with van der Waals surface area (Å²) in [4.78, 5) is 0. The molecule has 1 rings (SSSR count). The van der Waals surface area contributed by atoms with Gasteiger partial charge in [0.1, 0.15) is 0 Å². The van der Waals surface area contributed by atoms with E-state index in [1.807, 2.05) is 13.8 Å². The van der Waals surface area contributed by atoms with Gasteiger partial charge in [-0.05, 0) is 26.0 Å². The molecule has 5 heteroatoms. The van der Waals surface area contributed by atoms with Gasteiger partial charge in [-0.15, -0.1) is 0 Å². The maximum absolute atomic E-state index is 9.88. The van der Waals surface area contributed by atoms with E-state index in [1.165, 1.54) is 7.11 Å². The second-order valence-electron chi connectivity index (χ2n) is 3.91. The average Bonchev–Trinajstić information content (AvgIpc) is 2.28. The fraction of sp³-hybridized carbons (Fsp3) is 0.500. The fourth-order valence-corrected chi connectivity index (χ4v) is 1.78. The van der Waals surface area contributed by atoms with Gasteiger partial charge >= 0.3 is 0 Å². The number of benzene rings is 1. The van der Waals surface area contributed by atoms with Crippen LogP contribution >= 0.6 is 11.6 Å². The fourth-order valence-electron chi connectivity index (χ4n) is 1.50. The normalized spacial score (nSPS) is 12.6. The zero-order chi connectivity index (χ0) is 13.0. The van der Waals surface area contributed by atoms with E-state index in [1.54, 1.807) is 12.1 Å². The zero-order valence-corrected chi connectivity index (χ0v) is 11.0. The van der Waals surface area contributed by atoms with Gasteiger partial charge in [-0.3, -0.25) is 0 Å². The topological polar surface area (TPSA) is 64.7 Å². The molecule has 0 aliphatic heterocycles. The third-order valence-corrected chi connectivity index (χ3v) is 2.57. The highest BCUT2D eigenvalue weighted by atomic mass is 35.5. The quantitative estimate of drug-likeness (QED) is 0.850. The smallest absolute Gasteiger partial charge is 0.168 e. The van der Waals surface area contributed by atoms with E-state index in [0.29, 0.717) is 22.1 Å². The van der Waals surface area contributed by atoms with Crippen molar-refractivity contribution in [2.45, 2.75) is 26.1 Å². The first kappa shape index (κ1) is 14.1. The van der Waals surface area contributed by atoms with Crippen LogP contribution in [0.15, 0.2) is 12.1 Å². The number of hydrogen-bond donors (Lipinski definition) is 2. The number of methoxy groups -OCH3 is 1. The standard InChI is InChI=1S/C12H18ClNO3/c1-7(2)17-12-10(16-3)5-4-8(13)11(12)9(15)6-14/h4-5,7,9,15H,6,14H2,1-3H3. The van der Waals surface area contributed by atoms with Crippen molar-refractivity contribution < 1.29 is 14.6 Å². The van der Waals surface area contributed by atoms with Gasteiger partial charge in [0.15, 0.2) is 11.5 Å². The summed E-state index contributed by atoms with van der Waals surface area (Å²) in [7, 11) is 1.54. The third-order valence-electron chi connectivity index (χ3n) is 2.24. The molecule has 0 heterocycles. The lowest BCUT2D eigenvalue weighted by Crippen LogP contribution is -2.16. The number of halogens is 1. The van der Waals surface area contributed by atoms with Crippen LogP contribution < -0.4 is 15.2 Å². The van der Waals surface area contributed by atoms with Crippen LogP contribution in [-0.2, 0) is 0 Å². The maximum Gasteiger partial charge on any atom is 0.168 e. The van der Waals surface area contributed by atoms with Gasteiger partial charge in [0.25, 0.3) is 0 Å². The highest BCUT2D eigenvalue weighted by Gasteiger charge is 2.21. The Hall–Kier alpha value is -0.970. The first-order valence-corrected chi connectivity index (χ1v) is 5.80. The Kier molecular flexibility index (Phi) is 5.05. The highest BCUT2D eigenvalue weighted by molar-refractivity contribution is 6.31.